The van der Waals surface area contributed by atoms with Crippen molar-refractivity contribution in [3.8, 4) is 0 Å². The zero-order valence-electron chi connectivity index (χ0n) is 27.3. The number of ether oxygens (including phenoxy) is 2. The summed E-state index contributed by atoms with van der Waals surface area (Å²) >= 11 is 12.4. The number of pyridine rings is 2. The summed E-state index contributed by atoms with van der Waals surface area (Å²) < 4.78 is 10.8. The molecule has 0 spiro atoms. The smallest absolute Gasteiger partial charge is 0.410 e. The van der Waals surface area contributed by atoms with Crippen LogP contribution in [0.15, 0.2) is 36.7 Å². The van der Waals surface area contributed by atoms with Crippen LogP contribution in [-0.4, -0.2) is 105 Å². The van der Waals surface area contributed by atoms with Gasteiger partial charge in [-0.25, -0.2) is 9.59 Å². The molecule has 44 heavy (non-hydrogen) atoms. The van der Waals surface area contributed by atoms with Crippen LogP contribution in [0.25, 0.3) is 0 Å². The van der Waals surface area contributed by atoms with Gasteiger partial charge in [0.15, 0.2) is 0 Å². The Hall–Kier alpha value is -2.66. The van der Waals surface area contributed by atoms with E-state index in [1.165, 1.54) is 0 Å². The van der Waals surface area contributed by atoms with Gasteiger partial charge in [0.25, 0.3) is 0 Å². The molecule has 0 bridgehead atoms. The molecule has 0 radical (unpaired) electrons. The Morgan fingerprint density at radius 2 is 0.977 bits per heavy atom. The molecule has 12 heteroatoms. The molecule has 10 nitrogen and oxygen atoms in total. The third-order valence-electron chi connectivity index (χ3n) is 7.39. The van der Waals surface area contributed by atoms with Crippen molar-refractivity contribution in [1.29, 1.82) is 0 Å². The first-order chi connectivity index (χ1) is 20.6. The lowest BCUT2D eigenvalue weighted by Crippen LogP contribution is -2.50. The molecule has 244 valence electrons. The molecule has 2 atom stereocenters. The van der Waals surface area contributed by atoms with Crippen molar-refractivity contribution in [2.24, 2.45) is 0 Å². The lowest BCUT2D eigenvalue weighted by atomic mass is 10.1. The van der Waals surface area contributed by atoms with E-state index in [4.69, 9.17) is 32.7 Å². The number of carbonyl (C=O) groups is 2. The summed E-state index contributed by atoms with van der Waals surface area (Å²) in [6, 6.07) is 7.65. The number of hydrogen-bond donors (Lipinski definition) is 0. The summed E-state index contributed by atoms with van der Waals surface area (Å²) in [6.07, 6.45) is 3.04. The first kappa shape index (κ1) is 35.8. The molecule has 0 N–H and O–H groups in total. The van der Waals surface area contributed by atoms with Crippen LogP contribution < -0.4 is 0 Å². The number of amides is 2. The van der Waals surface area contributed by atoms with Crippen molar-refractivity contribution in [3.05, 3.63) is 58.1 Å². The van der Waals surface area contributed by atoms with Gasteiger partial charge in [-0.3, -0.25) is 19.8 Å². The lowest BCUT2D eigenvalue weighted by molar-refractivity contribution is 0.00999. The van der Waals surface area contributed by atoms with Crippen molar-refractivity contribution in [2.75, 3.05) is 52.4 Å². The third-order valence-corrected chi connectivity index (χ3v) is 8.03. The van der Waals surface area contributed by atoms with Gasteiger partial charge in [-0.2, -0.15) is 0 Å². The summed E-state index contributed by atoms with van der Waals surface area (Å²) in [6.45, 7) is 21.2. The van der Waals surface area contributed by atoms with Gasteiger partial charge < -0.3 is 19.3 Å². The quantitative estimate of drug-likeness (QED) is 0.361. The van der Waals surface area contributed by atoms with E-state index in [1.807, 2.05) is 65.8 Å². The third kappa shape index (κ3) is 10.8. The van der Waals surface area contributed by atoms with Crippen LogP contribution in [0, 0.1) is 0 Å². The number of rotatable bonds is 4. The van der Waals surface area contributed by atoms with Gasteiger partial charge in [-0.1, -0.05) is 23.2 Å². The van der Waals surface area contributed by atoms with Gasteiger partial charge in [-0.05, 0) is 79.7 Å². The van der Waals surface area contributed by atoms with Crippen LogP contribution in [0.2, 0.25) is 10.0 Å². The maximum Gasteiger partial charge on any atom is 0.410 e. The molecule has 0 unspecified atom stereocenters. The second kappa shape index (κ2) is 15.6. The second-order valence-corrected chi connectivity index (χ2v) is 13.9. The zero-order valence-corrected chi connectivity index (χ0v) is 28.9. The van der Waals surface area contributed by atoms with Crippen LogP contribution in [-0.2, 0) is 9.47 Å². The highest BCUT2D eigenvalue weighted by molar-refractivity contribution is 6.31. The molecule has 2 saturated heterocycles. The van der Waals surface area contributed by atoms with Crippen molar-refractivity contribution < 1.29 is 19.1 Å². The van der Waals surface area contributed by atoms with E-state index in [2.05, 4.69) is 33.6 Å². The standard InChI is InChI=1S/2C16H24ClN3O2/c2*1-12(14-13(17)6-5-7-18-14)19-8-10-20(11-9-19)15(21)22-16(2,3)4/h2*5-7,12H,8-11H2,1-4H3/t2*12-/m10/s1. The zero-order chi connectivity index (χ0) is 32.7. The highest BCUT2D eigenvalue weighted by Crippen LogP contribution is 2.27. The summed E-state index contributed by atoms with van der Waals surface area (Å²) in [5.74, 6) is 0. The highest BCUT2D eigenvalue weighted by Gasteiger charge is 2.30. The predicted octanol–water partition coefficient (Wildman–Crippen LogP) is 6.70. The molecular weight excluding hydrogens is 603 g/mol. The van der Waals surface area contributed by atoms with E-state index in [1.54, 1.807) is 22.2 Å². The average molecular weight is 652 g/mol. The van der Waals surface area contributed by atoms with Gasteiger partial charge >= 0.3 is 12.2 Å². The monoisotopic (exact) mass is 650 g/mol. The molecule has 2 aliphatic heterocycles. The number of nitrogens with zero attached hydrogens (tertiary/aromatic N) is 6. The SMILES string of the molecule is C[C@@H](c1ncccc1Cl)N1CCN(C(=O)OC(C)(C)C)CC1.C[C@H](c1ncccc1Cl)N1CCN(C(=O)OC(C)(C)C)CC1. The van der Waals surface area contributed by atoms with E-state index >= 15 is 0 Å². The second-order valence-electron chi connectivity index (χ2n) is 13.1. The van der Waals surface area contributed by atoms with E-state index in [0.29, 0.717) is 36.2 Å². The molecule has 2 amide bonds. The van der Waals surface area contributed by atoms with E-state index in [9.17, 15) is 9.59 Å². The Bertz CT molecular complexity index is 1140. The van der Waals surface area contributed by atoms with Gasteiger partial charge in [-0.15, -0.1) is 0 Å². The number of halogens is 2. The largest absolute Gasteiger partial charge is 0.444 e. The van der Waals surface area contributed by atoms with Crippen molar-refractivity contribution in [1.82, 2.24) is 29.6 Å². The molecule has 2 aliphatic rings. The Labute approximate surface area is 272 Å². The summed E-state index contributed by atoms with van der Waals surface area (Å²) in [4.78, 5) is 41.0. The van der Waals surface area contributed by atoms with Crippen LogP contribution in [0.4, 0.5) is 9.59 Å². The minimum Gasteiger partial charge on any atom is -0.444 e. The molecule has 2 aromatic heterocycles. The van der Waals surface area contributed by atoms with Crippen LogP contribution >= 0.6 is 23.2 Å². The minimum absolute atomic E-state index is 0.134. The minimum atomic E-state index is -0.455. The fraction of sp³-hybridized carbons (Fsp3) is 0.625. The van der Waals surface area contributed by atoms with Crippen LogP contribution in [0.5, 0.6) is 0 Å². The topological polar surface area (TPSA) is 91.3 Å². The Morgan fingerprint density at radius 1 is 0.659 bits per heavy atom. The van der Waals surface area contributed by atoms with Crippen molar-refractivity contribution in [2.45, 2.75) is 78.7 Å². The average Bonchev–Trinajstić information content (AvgIpc) is 2.96. The van der Waals surface area contributed by atoms with Gasteiger partial charge in [0.2, 0.25) is 0 Å². The number of hydrogen-bond acceptors (Lipinski definition) is 8. The van der Waals surface area contributed by atoms with Gasteiger partial charge in [0.1, 0.15) is 11.2 Å². The fourth-order valence-corrected chi connectivity index (χ4v) is 5.55. The first-order valence-corrected chi connectivity index (χ1v) is 16.0. The molecule has 0 aromatic carbocycles. The van der Waals surface area contributed by atoms with Crippen molar-refractivity contribution >= 4 is 35.4 Å². The lowest BCUT2D eigenvalue weighted by Gasteiger charge is -2.38. The van der Waals surface area contributed by atoms with Crippen molar-refractivity contribution in [3.63, 3.8) is 0 Å². The first-order valence-electron chi connectivity index (χ1n) is 15.2. The highest BCUT2D eigenvalue weighted by atomic mass is 35.5. The molecule has 4 rings (SSSR count). The number of aromatic nitrogens is 2. The molecule has 2 aromatic rings. The molecule has 0 aliphatic carbocycles. The summed E-state index contributed by atoms with van der Waals surface area (Å²) in [5.41, 5.74) is 0.858. The van der Waals surface area contributed by atoms with Crippen LogP contribution in [0.3, 0.4) is 0 Å². The molecule has 4 heterocycles. The number of carbonyl (C=O) groups excluding carboxylic acids is 2. The fourth-order valence-electron chi connectivity index (χ4n) is 4.99. The Morgan fingerprint density at radius 3 is 1.25 bits per heavy atom. The maximum absolute atomic E-state index is 12.1. The molecule has 0 saturated carbocycles. The van der Waals surface area contributed by atoms with E-state index in [-0.39, 0.29) is 24.3 Å². The molecule has 2 fully saturated rings. The summed E-state index contributed by atoms with van der Waals surface area (Å²) in [5, 5.41) is 1.37. The normalized spacial score (nSPS) is 18.1. The summed E-state index contributed by atoms with van der Waals surface area (Å²) in [7, 11) is 0. The Balaban J connectivity index is 0.000000240. The number of piperazine rings is 2. The van der Waals surface area contributed by atoms with E-state index in [0.717, 1.165) is 37.6 Å². The Kier molecular flexibility index (Phi) is 12.7. The maximum atomic E-state index is 12.1. The van der Waals surface area contributed by atoms with Gasteiger partial charge in [0, 0.05) is 64.8 Å². The predicted molar refractivity (Wildman–Crippen MR) is 174 cm³/mol. The van der Waals surface area contributed by atoms with Crippen LogP contribution in [0.1, 0.15) is 78.9 Å². The molecular formula is C32H48Cl2N6O4. The van der Waals surface area contributed by atoms with E-state index < -0.39 is 11.2 Å². The van der Waals surface area contributed by atoms with Gasteiger partial charge in [0.05, 0.1) is 33.5 Å².